The highest BCUT2D eigenvalue weighted by atomic mass is 32.1. The third-order valence-electron chi connectivity index (χ3n) is 3.82. The van der Waals surface area contributed by atoms with Gasteiger partial charge in [-0.1, -0.05) is 24.3 Å². The summed E-state index contributed by atoms with van der Waals surface area (Å²) in [5.74, 6) is -2.18. The van der Waals surface area contributed by atoms with Crippen LogP contribution in [0, 0.1) is 11.6 Å². The molecule has 0 fully saturated rings. The summed E-state index contributed by atoms with van der Waals surface area (Å²) >= 11 is 1.51. The number of nitrogens with zero attached hydrogens (tertiary/aromatic N) is 1. The number of benzene rings is 3. The minimum absolute atomic E-state index is 0.0818. The molecule has 0 radical (unpaired) electrons. The van der Waals surface area contributed by atoms with Gasteiger partial charge in [0.1, 0.15) is 16.6 Å². The highest BCUT2D eigenvalue weighted by molar-refractivity contribution is 7.21. The van der Waals surface area contributed by atoms with Gasteiger partial charge in [0.25, 0.3) is 5.91 Å². The van der Waals surface area contributed by atoms with Gasteiger partial charge in [-0.3, -0.25) is 4.79 Å². The number of hydrogen-bond donors (Lipinski definition) is 1. The molecule has 0 bridgehead atoms. The Kier molecular flexibility index (Phi) is 4.18. The van der Waals surface area contributed by atoms with Crippen molar-refractivity contribution in [3.63, 3.8) is 0 Å². The average molecular weight is 366 g/mol. The molecule has 0 spiro atoms. The van der Waals surface area contributed by atoms with Crippen molar-refractivity contribution in [3.8, 4) is 10.6 Å². The largest absolute Gasteiger partial charge is 0.321 e. The third kappa shape index (κ3) is 3.19. The molecule has 0 saturated heterocycles. The zero-order valence-corrected chi connectivity index (χ0v) is 14.2. The van der Waals surface area contributed by atoms with Crippen molar-refractivity contribution in [2.24, 2.45) is 0 Å². The molecule has 3 nitrogen and oxygen atoms in total. The Morgan fingerprint density at radius 2 is 1.62 bits per heavy atom. The van der Waals surface area contributed by atoms with Crippen molar-refractivity contribution in [3.05, 3.63) is 83.9 Å². The number of thiazole rings is 1. The molecule has 0 aliphatic rings. The monoisotopic (exact) mass is 366 g/mol. The summed E-state index contributed by atoms with van der Waals surface area (Å²) in [6.45, 7) is 0. The first-order valence-electron chi connectivity index (χ1n) is 7.82. The van der Waals surface area contributed by atoms with Crippen LogP contribution in [0.2, 0.25) is 0 Å². The Morgan fingerprint density at radius 1 is 0.923 bits per heavy atom. The highest BCUT2D eigenvalue weighted by Crippen LogP contribution is 2.34. The van der Waals surface area contributed by atoms with E-state index in [9.17, 15) is 13.6 Å². The normalized spacial score (nSPS) is 10.8. The van der Waals surface area contributed by atoms with Crippen molar-refractivity contribution in [2.75, 3.05) is 5.32 Å². The van der Waals surface area contributed by atoms with E-state index >= 15 is 0 Å². The number of nitrogens with one attached hydrogen (secondary N) is 1. The molecule has 1 aromatic heterocycles. The van der Waals surface area contributed by atoms with Crippen LogP contribution in [0.3, 0.4) is 0 Å². The van der Waals surface area contributed by atoms with Gasteiger partial charge in [0, 0.05) is 17.2 Å². The second-order valence-electron chi connectivity index (χ2n) is 5.64. The lowest BCUT2D eigenvalue weighted by atomic mass is 10.1. The van der Waals surface area contributed by atoms with Gasteiger partial charge < -0.3 is 5.32 Å². The first-order chi connectivity index (χ1) is 12.6. The first kappa shape index (κ1) is 16.4. The summed E-state index contributed by atoms with van der Waals surface area (Å²) in [5.41, 5.74) is 2.07. The number of amides is 1. The van der Waals surface area contributed by atoms with Gasteiger partial charge in [-0.25, -0.2) is 13.8 Å². The number of rotatable bonds is 3. The van der Waals surface area contributed by atoms with Crippen molar-refractivity contribution in [2.45, 2.75) is 0 Å². The predicted molar refractivity (Wildman–Crippen MR) is 99.4 cm³/mol. The van der Waals surface area contributed by atoms with Crippen molar-refractivity contribution < 1.29 is 13.6 Å². The van der Waals surface area contributed by atoms with E-state index in [4.69, 9.17) is 0 Å². The summed E-state index contributed by atoms with van der Waals surface area (Å²) in [6.07, 6.45) is 0. The Morgan fingerprint density at radius 3 is 2.38 bits per heavy atom. The number of halogens is 2. The molecular formula is C20H12F2N2OS. The predicted octanol–water partition coefficient (Wildman–Crippen LogP) is 5.49. The van der Waals surface area contributed by atoms with Crippen molar-refractivity contribution in [1.29, 1.82) is 0 Å². The molecule has 0 aliphatic carbocycles. The van der Waals surface area contributed by atoms with Gasteiger partial charge in [-0.15, -0.1) is 11.3 Å². The molecule has 6 heteroatoms. The molecule has 1 amide bonds. The maximum absolute atomic E-state index is 13.4. The van der Waals surface area contributed by atoms with Crippen LogP contribution in [0.4, 0.5) is 14.5 Å². The minimum Gasteiger partial charge on any atom is -0.321 e. The van der Waals surface area contributed by atoms with Gasteiger partial charge in [0.2, 0.25) is 0 Å². The van der Waals surface area contributed by atoms with E-state index in [2.05, 4.69) is 10.3 Å². The zero-order chi connectivity index (χ0) is 18.1. The molecule has 0 unspecified atom stereocenters. The minimum atomic E-state index is -0.797. The lowest BCUT2D eigenvalue weighted by molar-refractivity contribution is 0.102. The summed E-state index contributed by atoms with van der Waals surface area (Å²) in [7, 11) is 0. The number of para-hydroxylation sites is 2. The lowest BCUT2D eigenvalue weighted by Crippen LogP contribution is -2.13. The summed E-state index contributed by atoms with van der Waals surface area (Å²) in [5, 5.41) is 3.48. The number of aromatic nitrogens is 1. The Labute approximate surface area is 151 Å². The van der Waals surface area contributed by atoms with E-state index in [0.717, 1.165) is 39.0 Å². The fraction of sp³-hybridized carbons (Fsp3) is 0. The van der Waals surface area contributed by atoms with Gasteiger partial charge in [0.05, 0.1) is 15.9 Å². The third-order valence-corrected chi connectivity index (χ3v) is 4.89. The summed E-state index contributed by atoms with van der Waals surface area (Å²) in [4.78, 5) is 17.0. The fourth-order valence-corrected chi connectivity index (χ4v) is 3.65. The molecule has 4 rings (SSSR count). The number of fused-ring (bicyclic) bond motifs is 1. The average Bonchev–Trinajstić information content (AvgIpc) is 3.05. The molecule has 1 N–H and O–H groups in total. The van der Waals surface area contributed by atoms with E-state index < -0.39 is 17.5 Å². The molecule has 26 heavy (non-hydrogen) atoms. The van der Waals surface area contributed by atoms with Gasteiger partial charge in [-0.05, 0) is 36.4 Å². The standard InChI is InChI=1S/C20H12F2N2OS/c21-13-9-12(10-14(22)11-13)19(25)23-16-6-2-1-5-15(16)20-24-17-7-3-4-8-18(17)26-20/h1-11H,(H,23,25). The van der Waals surface area contributed by atoms with Crippen LogP contribution in [0.1, 0.15) is 10.4 Å². The molecule has 128 valence electrons. The van der Waals surface area contributed by atoms with Crippen molar-refractivity contribution in [1.82, 2.24) is 4.98 Å². The van der Waals surface area contributed by atoms with E-state index in [1.165, 1.54) is 11.3 Å². The topological polar surface area (TPSA) is 42.0 Å². The molecule has 1 heterocycles. The van der Waals surface area contributed by atoms with E-state index in [1.807, 2.05) is 36.4 Å². The number of anilines is 1. The summed E-state index contributed by atoms with van der Waals surface area (Å²) < 4.78 is 27.8. The van der Waals surface area contributed by atoms with Crippen LogP contribution in [0.25, 0.3) is 20.8 Å². The van der Waals surface area contributed by atoms with Crippen LogP contribution in [0.5, 0.6) is 0 Å². The van der Waals surface area contributed by atoms with Crippen LogP contribution in [-0.4, -0.2) is 10.9 Å². The van der Waals surface area contributed by atoms with Crippen LogP contribution < -0.4 is 5.32 Å². The Bertz CT molecular complexity index is 1070. The maximum atomic E-state index is 13.4. The van der Waals surface area contributed by atoms with E-state index in [1.54, 1.807) is 12.1 Å². The van der Waals surface area contributed by atoms with Crippen LogP contribution in [0.15, 0.2) is 66.7 Å². The first-order valence-corrected chi connectivity index (χ1v) is 8.64. The van der Waals surface area contributed by atoms with E-state index in [-0.39, 0.29) is 5.56 Å². The van der Waals surface area contributed by atoms with Crippen LogP contribution in [-0.2, 0) is 0 Å². The van der Waals surface area contributed by atoms with Crippen molar-refractivity contribution >= 4 is 33.1 Å². The molecule has 3 aromatic carbocycles. The molecule has 4 aromatic rings. The lowest BCUT2D eigenvalue weighted by Gasteiger charge is -2.09. The van der Waals surface area contributed by atoms with Crippen LogP contribution >= 0.6 is 11.3 Å². The molecule has 0 saturated carbocycles. The van der Waals surface area contributed by atoms with Gasteiger partial charge in [0.15, 0.2) is 0 Å². The van der Waals surface area contributed by atoms with Gasteiger partial charge >= 0.3 is 0 Å². The number of hydrogen-bond acceptors (Lipinski definition) is 3. The smallest absolute Gasteiger partial charge is 0.255 e. The zero-order valence-electron chi connectivity index (χ0n) is 13.4. The maximum Gasteiger partial charge on any atom is 0.255 e. The van der Waals surface area contributed by atoms with Gasteiger partial charge in [-0.2, -0.15) is 0 Å². The number of carbonyl (C=O) groups excluding carboxylic acids is 1. The highest BCUT2D eigenvalue weighted by Gasteiger charge is 2.14. The molecule has 0 aliphatic heterocycles. The molecule has 0 atom stereocenters. The van der Waals surface area contributed by atoms with E-state index in [0.29, 0.717) is 5.69 Å². The quantitative estimate of drug-likeness (QED) is 0.521. The second-order valence-corrected chi connectivity index (χ2v) is 6.68. The SMILES string of the molecule is O=C(Nc1ccccc1-c1nc2ccccc2s1)c1cc(F)cc(F)c1. The summed E-state index contributed by atoms with van der Waals surface area (Å²) in [6, 6.07) is 17.7. The fourth-order valence-electron chi connectivity index (χ4n) is 2.65. The number of carbonyl (C=O) groups is 1. The Hall–Kier alpha value is -3.12. The molecular weight excluding hydrogens is 354 g/mol. The second kappa shape index (κ2) is 6.65. The Balaban J connectivity index is 1.70.